The Labute approximate surface area is 94.6 Å². The zero-order chi connectivity index (χ0) is 11.5. The quantitative estimate of drug-likeness (QED) is 0.802. The lowest BCUT2D eigenvalue weighted by molar-refractivity contribution is 0.0608. The van der Waals surface area contributed by atoms with Crippen molar-refractivity contribution in [3.05, 3.63) is 18.0 Å². The number of likely N-dealkylation sites (tertiary alicyclic amines) is 1. The summed E-state index contributed by atoms with van der Waals surface area (Å²) in [6, 6.07) is 1.60. The van der Waals surface area contributed by atoms with E-state index in [9.17, 15) is 4.79 Å². The molecule has 1 saturated heterocycles. The molecule has 1 aromatic heterocycles. The number of hydrogen-bond acceptors (Lipinski definition) is 4. The number of nitrogens with two attached hydrogens (primary N) is 1. The number of rotatable bonds is 2. The molecule has 0 bridgehead atoms. The summed E-state index contributed by atoms with van der Waals surface area (Å²) in [5.41, 5.74) is 6.08. The van der Waals surface area contributed by atoms with Crippen LogP contribution < -0.4 is 5.73 Å². The third-order valence-corrected chi connectivity index (χ3v) is 3.36. The Morgan fingerprint density at radius 1 is 1.75 bits per heavy atom. The SMILES string of the molecule is CC1CCN(C(=O)c2ccon2)CC1CN. The number of nitrogens with zero attached hydrogens (tertiary/aromatic N) is 2. The average Bonchev–Trinajstić information content (AvgIpc) is 2.82. The minimum absolute atomic E-state index is 0.0564. The molecular formula is C11H17N3O2. The van der Waals surface area contributed by atoms with Gasteiger partial charge in [0, 0.05) is 19.2 Å². The molecule has 2 rings (SSSR count). The van der Waals surface area contributed by atoms with Gasteiger partial charge in [-0.25, -0.2) is 0 Å². The van der Waals surface area contributed by atoms with Crippen molar-refractivity contribution in [1.29, 1.82) is 0 Å². The summed E-state index contributed by atoms with van der Waals surface area (Å²) in [4.78, 5) is 13.8. The number of aromatic nitrogens is 1. The van der Waals surface area contributed by atoms with E-state index >= 15 is 0 Å². The van der Waals surface area contributed by atoms with Crippen LogP contribution in [0, 0.1) is 11.8 Å². The van der Waals surface area contributed by atoms with Gasteiger partial charge in [-0.05, 0) is 24.8 Å². The zero-order valence-corrected chi connectivity index (χ0v) is 9.43. The molecule has 2 N–H and O–H groups in total. The Morgan fingerprint density at radius 3 is 3.19 bits per heavy atom. The van der Waals surface area contributed by atoms with Crippen molar-refractivity contribution in [2.45, 2.75) is 13.3 Å². The smallest absolute Gasteiger partial charge is 0.276 e. The summed E-state index contributed by atoms with van der Waals surface area (Å²) in [5.74, 6) is 0.926. The Bertz CT molecular complexity index is 350. The molecule has 5 heteroatoms. The van der Waals surface area contributed by atoms with E-state index in [1.807, 2.05) is 4.90 Å². The van der Waals surface area contributed by atoms with Gasteiger partial charge in [0.2, 0.25) is 0 Å². The number of carbonyl (C=O) groups is 1. The highest BCUT2D eigenvalue weighted by atomic mass is 16.5. The normalized spacial score (nSPS) is 25.8. The maximum Gasteiger partial charge on any atom is 0.276 e. The van der Waals surface area contributed by atoms with Gasteiger partial charge >= 0.3 is 0 Å². The van der Waals surface area contributed by atoms with Gasteiger partial charge in [0.15, 0.2) is 5.69 Å². The third kappa shape index (κ3) is 2.09. The minimum atomic E-state index is -0.0564. The molecule has 5 nitrogen and oxygen atoms in total. The van der Waals surface area contributed by atoms with Crippen molar-refractivity contribution < 1.29 is 9.32 Å². The van der Waals surface area contributed by atoms with E-state index in [1.54, 1.807) is 6.07 Å². The van der Waals surface area contributed by atoms with Gasteiger partial charge in [-0.1, -0.05) is 12.1 Å². The fourth-order valence-electron chi connectivity index (χ4n) is 2.13. The molecule has 1 fully saturated rings. The molecule has 0 radical (unpaired) electrons. The lowest BCUT2D eigenvalue weighted by atomic mass is 9.87. The van der Waals surface area contributed by atoms with Crippen LogP contribution in [0.4, 0.5) is 0 Å². The van der Waals surface area contributed by atoms with Crippen LogP contribution in [0.25, 0.3) is 0 Å². The van der Waals surface area contributed by atoms with Gasteiger partial charge in [-0.15, -0.1) is 0 Å². The van der Waals surface area contributed by atoms with E-state index in [0.717, 1.165) is 19.5 Å². The maximum absolute atomic E-state index is 12.0. The fraction of sp³-hybridized carbons (Fsp3) is 0.636. The number of amides is 1. The molecule has 2 heterocycles. The van der Waals surface area contributed by atoms with Crippen LogP contribution in [-0.4, -0.2) is 35.6 Å². The molecule has 16 heavy (non-hydrogen) atoms. The van der Waals surface area contributed by atoms with Crippen LogP contribution in [0.2, 0.25) is 0 Å². The Hall–Kier alpha value is -1.36. The van der Waals surface area contributed by atoms with Gasteiger partial charge in [-0.2, -0.15) is 0 Å². The molecule has 0 saturated carbocycles. The molecule has 1 amide bonds. The van der Waals surface area contributed by atoms with E-state index in [4.69, 9.17) is 5.73 Å². The Morgan fingerprint density at radius 2 is 2.56 bits per heavy atom. The molecule has 2 unspecified atom stereocenters. The molecule has 0 spiro atoms. The molecule has 0 aliphatic carbocycles. The Kier molecular flexibility index (Phi) is 3.24. The standard InChI is InChI=1S/C11H17N3O2/c1-8-2-4-14(7-9(8)6-12)11(15)10-3-5-16-13-10/h3,5,8-9H,2,4,6-7,12H2,1H3. The number of piperidine rings is 1. The third-order valence-electron chi connectivity index (χ3n) is 3.36. The van der Waals surface area contributed by atoms with Crippen LogP contribution in [0.1, 0.15) is 23.8 Å². The molecule has 88 valence electrons. The summed E-state index contributed by atoms with van der Waals surface area (Å²) in [6.45, 7) is 4.33. The first kappa shape index (κ1) is 11.1. The van der Waals surface area contributed by atoms with Gasteiger partial charge in [0.05, 0.1) is 0 Å². The van der Waals surface area contributed by atoms with Gasteiger partial charge < -0.3 is 15.2 Å². The minimum Gasteiger partial charge on any atom is -0.364 e. The maximum atomic E-state index is 12.0. The largest absolute Gasteiger partial charge is 0.364 e. The predicted octanol–water partition coefficient (Wildman–Crippen LogP) is 0.731. The van der Waals surface area contributed by atoms with E-state index in [0.29, 0.717) is 24.1 Å². The van der Waals surface area contributed by atoms with Crippen molar-refractivity contribution in [3.8, 4) is 0 Å². The van der Waals surface area contributed by atoms with Crippen molar-refractivity contribution in [2.24, 2.45) is 17.6 Å². The molecule has 1 aliphatic heterocycles. The molecule has 0 aromatic carbocycles. The summed E-state index contributed by atoms with van der Waals surface area (Å²) >= 11 is 0. The van der Waals surface area contributed by atoms with Crippen LogP contribution >= 0.6 is 0 Å². The van der Waals surface area contributed by atoms with E-state index in [-0.39, 0.29) is 5.91 Å². The molecule has 1 aliphatic rings. The topological polar surface area (TPSA) is 72.4 Å². The monoisotopic (exact) mass is 223 g/mol. The summed E-state index contributed by atoms with van der Waals surface area (Å²) in [5, 5.41) is 3.66. The molecule has 1 aromatic rings. The van der Waals surface area contributed by atoms with Crippen LogP contribution in [-0.2, 0) is 0 Å². The van der Waals surface area contributed by atoms with E-state index in [1.165, 1.54) is 6.26 Å². The summed E-state index contributed by atoms with van der Waals surface area (Å²) in [7, 11) is 0. The number of hydrogen-bond donors (Lipinski definition) is 1. The second kappa shape index (κ2) is 4.65. The summed E-state index contributed by atoms with van der Waals surface area (Å²) in [6.07, 6.45) is 2.42. The van der Waals surface area contributed by atoms with Crippen molar-refractivity contribution in [1.82, 2.24) is 10.1 Å². The lowest BCUT2D eigenvalue weighted by Gasteiger charge is -2.36. The number of carbonyl (C=O) groups excluding carboxylic acids is 1. The molecule has 2 atom stereocenters. The first-order valence-electron chi connectivity index (χ1n) is 5.62. The zero-order valence-electron chi connectivity index (χ0n) is 9.43. The second-order valence-corrected chi connectivity index (χ2v) is 4.40. The highest BCUT2D eigenvalue weighted by Gasteiger charge is 2.29. The van der Waals surface area contributed by atoms with Crippen LogP contribution in [0.15, 0.2) is 16.9 Å². The van der Waals surface area contributed by atoms with Crippen molar-refractivity contribution in [2.75, 3.05) is 19.6 Å². The van der Waals surface area contributed by atoms with Crippen molar-refractivity contribution in [3.63, 3.8) is 0 Å². The first-order valence-corrected chi connectivity index (χ1v) is 5.62. The highest BCUT2D eigenvalue weighted by molar-refractivity contribution is 5.92. The molecular weight excluding hydrogens is 206 g/mol. The van der Waals surface area contributed by atoms with Gasteiger partial charge in [0.25, 0.3) is 5.91 Å². The van der Waals surface area contributed by atoms with Crippen LogP contribution in [0.3, 0.4) is 0 Å². The lowest BCUT2D eigenvalue weighted by Crippen LogP contribution is -2.45. The summed E-state index contributed by atoms with van der Waals surface area (Å²) < 4.78 is 4.68. The first-order chi connectivity index (χ1) is 7.72. The second-order valence-electron chi connectivity index (χ2n) is 4.40. The van der Waals surface area contributed by atoms with Gasteiger partial charge in [-0.3, -0.25) is 4.79 Å². The van der Waals surface area contributed by atoms with E-state index < -0.39 is 0 Å². The predicted molar refractivity (Wildman–Crippen MR) is 58.7 cm³/mol. The van der Waals surface area contributed by atoms with Crippen molar-refractivity contribution >= 4 is 5.91 Å². The van der Waals surface area contributed by atoms with E-state index in [2.05, 4.69) is 16.6 Å². The fourth-order valence-corrected chi connectivity index (χ4v) is 2.13. The average molecular weight is 223 g/mol. The highest BCUT2D eigenvalue weighted by Crippen LogP contribution is 2.23. The van der Waals surface area contributed by atoms with Crippen LogP contribution in [0.5, 0.6) is 0 Å². The van der Waals surface area contributed by atoms with Gasteiger partial charge in [0.1, 0.15) is 6.26 Å². The Balaban J connectivity index is 2.03.